The predicted molar refractivity (Wildman–Crippen MR) is 87.3 cm³/mol. The summed E-state index contributed by atoms with van der Waals surface area (Å²) < 4.78 is 0. The Morgan fingerprint density at radius 3 is 2.95 bits per heavy atom. The Labute approximate surface area is 129 Å². The van der Waals surface area contributed by atoms with Crippen LogP contribution in [0.4, 0.5) is 11.4 Å². The highest BCUT2D eigenvalue weighted by atomic mass is 16.6. The maximum Gasteiger partial charge on any atom is 0.278 e. The third-order valence-corrected chi connectivity index (χ3v) is 4.59. The monoisotopic (exact) mass is 300 g/mol. The number of nitrogens with zero attached hydrogens (tertiary/aromatic N) is 4. The summed E-state index contributed by atoms with van der Waals surface area (Å²) in [5.74, 6) is 0. The molecule has 0 amide bonds. The van der Waals surface area contributed by atoms with Crippen LogP contribution in [-0.2, 0) is 0 Å². The van der Waals surface area contributed by atoms with E-state index in [-0.39, 0.29) is 10.6 Å². The van der Waals surface area contributed by atoms with Crippen LogP contribution >= 0.6 is 0 Å². The maximum absolute atomic E-state index is 11.2. The van der Waals surface area contributed by atoms with Crippen molar-refractivity contribution >= 4 is 22.1 Å². The molecule has 0 radical (unpaired) electrons. The van der Waals surface area contributed by atoms with E-state index in [1.807, 2.05) is 12.1 Å². The van der Waals surface area contributed by atoms with Gasteiger partial charge in [-0.15, -0.1) is 0 Å². The molecule has 1 unspecified atom stereocenters. The summed E-state index contributed by atoms with van der Waals surface area (Å²) in [6.45, 7) is 5.13. The van der Waals surface area contributed by atoms with Crippen molar-refractivity contribution in [2.45, 2.75) is 19.4 Å². The summed E-state index contributed by atoms with van der Waals surface area (Å²) in [4.78, 5) is 19.6. The van der Waals surface area contributed by atoms with Crippen LogP contribution in [0, 0.1) is 10.1 Å². The van der Waals surface area contributed by atoms with E-state index in [4.69, 9.17) is 0 Å². The first-order chi connectivity index (χ1) is 10.6. The molecule has 1 aliphatic heterocycles. The van der Waals surface area contributed by atoms with Gasteiger partial charge < -0.3 is 9.80 Å². The molecule has 2 heterocycles. The first kappa shape index (κ1) is 14.7. The molecule has 0 spiro atoms. The summed E-state index contributed by atoms with van der Waals surface area (Å²) >= 11 is 0. The molecule has 0 bridgehead atoms. The number of aromatic nitrogens is 1. The second kappa shape index (κ2) is 5.88. The van der Waals surface area contributed by atoms with E-state index in [0.29, 0.717) is 11.4 Å². The molecule has 1 atom stereocenters. The average molecular weight is 300 g/mol. The van der Waals surface area contributed by atoms with Crippen molar-refractivity contribution in [2.75, 3.05) is 31.6 Å². The van der Waals surface area contributed by atoms with Crippen molar-refractivity contribution in [3.05, 3.63) is 40.7 Å². The van der Waals surface area contributed by atoms with E-state index in [1.54, 1.807) is 18.5 Å². The minimum atomic E-state index is -0.342. The van der Waals surface area contributed by atoms with Crippen molar-refractivity contribution in [1.82, 2.24) is 9.88 Å². The lowest BCUT2D eigenvalue weighted by Crippen LogP contribution is -2.34. The number of anilines is 1. The third-order valence-electron chi connectivity index (χ3n) is 4.59. The van der Waals surface area contributed by atoms with E-state index in [0.717, 1.165) is 37.1 Å². The summed E-state index contributed by atoms with van der Waals surface area (Å²) in [6, 6.07) is 5.87. The van der Waals surface area contributed by atoms with E-state index >= 15 is 0 Å². The fraction of sp³-hybridized carbons (Fsp3) is 0.438. The fourth-order valence-corrected chi connectivity index (χ4v) is 3.17. The van der Waals surface area contributed by atoms with Gasteiger partial charge in [-0.25, -0.2) is 0 Å². The van der Waals surface area contributed by atoms with E-state index in [9.17, 15) is 10.1 Å². The van der Waals surface area contributed by atoms with Gasteiger partial charge in [0.15, 0.2) is 0 Å². The van der Waals surface area contributed by atoms with Gasteiger partial charge in [0.1, 0.15) is 0 Å². The lowest BCUT2D eigenvalue weighted by atomic mass is 10.1. The molecule has 1 fully saturated rings. The molecule has 0 N–H and O–H groups in total. The number of likely N-dealkylation sites (N-methyl/N-ethyl adjacent to an activating group) is 1. The number of fused-ring (bicyclic) bond motifs is 1. The fourth-order valence-electron chi connectivity index (χ4n) is 3.17. The van der Waals surface area contributed by atoms with Gasteiger partial charge in [0, 0.05) is 48.7 Å². The molecule has 6 nitrogen and oxygen atoms in total. The van der Waals surface area contributed by atoms with Gasteiger partial charge in [-0.1, -0.05) is 6.92 Å². The molecule has 2 aromatic rings. The standard InChI is InChI=1S/C16H20N4O2/c1-3-18(2)12-7-9-19(11-12)15-4-5-16(20(21)22)14-10-17-8-6-13(14)15/h4-6,8,10,12H,3,7,9,11H2,1-2H3. The van der Waals surface area contributed by atoms with Crippen molar-refractivity contribution < 1.29 is 4.92 Å². The van der Waals surface area contributed by atoms with Gasteiger partial charge in [-0.2, -0.15) is 0 Å². The van der Waals surface area contributed by atoms with Gasteiger partial charge in [0.2, 0.25) is 0 Å². The highest BCUT2D eigenvalue weighted by molar-refractivity contribution is 5.99. The maximum atomic E-state index is 11.2. The molecule has 3 rings (SSSR count). The zero-order chi connectivity index (χ0) is 15.7. The number of pyridine rings is 1. The van der Waals surface area contributed by atoms with Gasteiger partial charge in [-0.05, 0) is 32.1 Å². The normalized spacial score (nSPS) is 18.3. The average Bonchev–Trinajstić information content (AvgIpc) is 3.02. The van der Waals surface area contributed by atoms with E-state index < -0.39 is 0 Å². The minimum absolute atomic E-state index is 0.119. The summed E-state index contributed by atoms with van der Waals surface area (Å²) in [7, 11) is 2.14. The zero-order valence-electron chi connectivity index (χ0n) is 12.9. The highest BCUT2D eigenvalue weighted by Gasteiger charge is 2.27. The third kappa shape index (κ3) is 2.50. The molecule has 1 aliphatic rings. The van der Waals surface area contributed by atoms with Crippen LogP contribution in [0.25, 0.3) is 10.8 Å². The highest BCUT2D eigenvalue weighted by Crippen LogP contribution is 2.34. The molecule has 1 aromatic carbocycles. The number of nitro groups is 1. The van der Waals surface area contributed by atoms with Crippen LogP contribution in [0.15, 0.2) is 30.6 Å². The largest absolute Gasteiger partial charge is 0.369 e. The van der Waals surface area contributed by atoms with Crippen molar-refractivity contribution in [3.8, 4) is 0 Å². The summed E-state index contributed by atoms with van der Waals surface area (Å²) in [5.41, 5.74) is 1.18. The number of nitro benzene ring substituents is 1. The number of benzene rings is 1. The van der Waals surface area contributed by atoms with E-state index in [1.165, 1.54) is 0 Å². The van der Waals surface area contributed by atoms with Crippen LogP contribution in [0.1, 0.15) is 13.3 Å². The number of hydrogen-bond acceptors (Lipinski definition) is 5. The van der Waals surface area contributed by atoms with Gasteiger partial charge in [0.25, 0.3) is 5.69 Å². The van der Waals surface area contributed by atoms with Crippen LogP contribution in [0.5, 0.6) is 0 Å². The van der Waals surface area contributed by atoms with Crippen LogP contribution < -0.4 is 4.90 Å². The molecule has 0 saturated carbocycles. The molecule has 1 aromatic heterocycles. The zero-order valence-corrected chi connectivity index (χ0v) is 12.9. The summed E-state index contributed by atoms with van der Waals surface area (Å²) in [6.07, 6.45) is 4.40. The molecule has 1 saturated heterocycles. The Balaban J connectivity index is 1.99. The van der Waals surface area contributed by atoms with Gasteiger partial charge >= 0.3 is 0 Å². The van der Waals surface area contributed by atoms with Crippen molar-refractivity contribution in [2.24, 2.45) is 0 Å². The smallest absolute Gasteiger partial charge is 0.278 e. The Bertz CT molecular complexity index is 704. The second-order valence-electron chi connectivity index (χ2n) is 5.74. The lowest BCUT2D eigenvalue weighted by molar-refractivity contribution is -0.383. The number of hydrogen-bond donors (Lipinski definition) is 0. The van der Waals surface area contributed by atoms with Gasteiger partial charge in [0.05, 0.1) is 10.3 Å². The topological polar surface area (TPSA) is 62.5 Å². The van der Waals surface area contributed by atoms with Crippen LogP contribution in [-0.4, -0.2) is 47.5 Å². The quantitative estimate of drug-likeness (QED) is 0.641. The Hall–Kier alpha value is -2.21. The van der Waals surface area contributed by atoms with E-state index in [2.05, 4.69) is 28.8 Å². The first-order valence-corrected chi connectivity index (χ1v) is 7.58. The predicted octanol–water partition coefficient (Wildman–Crippen LogP) is 2.67. The summed E-state index contributed by atoms with van der Waals surface area (Å²) in [5, 5.41) is 12.7. The Morgan fingerprint density at radius 2 is 2.23 bits per heavy atom. The first-order valence-electron chi connectivity index (χ1n) is 7.58. The molecule has 6 heteroatoms. The number of rotatable bonds is 4. The van der Waals surface area contributed by atoms with Crippen molar-refractivity contribution in [1.29, 1.82) is 0 Å². The Kier molecular flexibility index (Phi) is 3.94. The molecule has 116 valence electrons. The SMILES string of the molecule is CCN(C)C1CCN(c2ccc([N+](=O)[O-])c3cnccc23)C1. The van der Waals surface area contributed by atoms with Gasteiger partial charge in [-0.3, -0.25) is 15.1 Å². The second-order valence-corrected chi connectivity index (χ2v) is 5.74. The van der Waals surface area contributed by atoms with Crippen molar-refractivity contribution in [3.63, 3.8) is 0 Å². The Morgan fingerprint density at radius 1 is 1.41 bits per heavy atom. The lowest BCUT2D eigenvalue weighted by Gasteiger charge is -2.24. The minimum Gasteiger partial charge on any atom is -0.369 e. The molecular formula is C16H20N4O2. The van der Waals surface area contributed by atoms with Crippen LogP contribution in [0.3, 0.4) is 0 Å². The van der Waals surface area contributed by atoms with Crippen LogP contribution in [0.2, 0.25) is 0 Å². The molecule has 0 aliphatic carbocycles. The molecular weight excluding hydrogens is 280 g/mol. The number of non-ortho nitro benzene ring substituents is 1. The molecule has 22 heavy (non-hydrogen) atoms.